The molecule has 0 unspecified atom stereocenters. The summed E-state index contributed by atoms with van der Waals surface area (Å²) in [4.78, 5) is 10.8. The molecular formula is C13H20O3. The summed E-state index contributed by atoms with van der Waals surface area (Å²) < 4.78 is 5.31. The monoisotopic (exact) mass is 224 g/mol. The maximum absolute atomic E-state index is 10.8. The summed E-state index contributed by atoms with van der Waals surface area (Å²) in [5.74, 6) is -0.401. The van der Waals surface area contributed by atoms with Gasteiger partial charge in [0.2, 0.25) is 0 Å². The third-order valence-corrected chi connectivity index (χ3v) is 2.08. The van der Waals surface area contributed by atoms with Crippen LogP contribution in [0.3, 0.4) is 0 Å². The van der Waals surface area contributed by atoms with Crippen molar-refractivity contribution in [1.29, 1.82) is 0 Å². The number of allylic oxidation sites excluding steroid dienone is 6. The molecule has 0 atom stereocenters. The minimum Gasteiger partial charge on any atom is -0.481 e. The number of carboxylic acid groups (broad SMARTS) is 1. The van der Waals surface area contributed by atoms with Crippen molar-refractivity contribution in [2.24, 2.45) is 0 Å². The number of hydrogen-bond acceptors (Lipinski definition) is 2. The predicted octanol–water partition coefficient (Wildman–Crippen LogP) is 3.29. The molecule has 0 heterocycles. The maximum atomic E-state index is 10.8. The molecule has 0 rings (SSSR count). The average Bonchev–Trinajstić information content (AvgIpc) is 2.16. The molecule has 16 heavy (non-hydrogen) atoms. The van der Waals surface area contributed by atoms with Gasteiger partial charge in [-0.25, -0.2) is 4.79 Å². The van der Waals surface area contributed by atoms with Crippen LogP contribution in [0.5, 0.6) is 0 Å². The molecule has 3 nitrogen and oxygen atoms in total. The van der Waals surface area contributed by atoms with E-state index in [-0.39, 0.29) is 0 Å². The van der Waals surface area contributed by atoms with Gasteiger partial charge in [0, 0.05) is 0 Å². The fourth-order valence-electron chi connectivity index (χ4n) is 0.912. The van der Waals surface area contributed by atoms with Gasteiger partial charge < -0.3 is 9.84 Å². The van der Waals surface area contributed by atoms with E-state index in [9.17, 15) is 4.79 Å². The number of hydrogen-bond donors (Lipinski definition) is 1. The van der Waals surface area contributed by atoms with E-state index in [0.717, 1.165) is 5.57 Å². The molecule has 3 heteroatoms. The number of aliphatic carboxylic acids is 1. The molecule has 0 spiro atoms. The standard InChI is InChI=1S/C13H20O3/c1-6-10(2)8-7-9-11(3)16-13(4,5)12(14)15/h6-9H,1-5H3,(H,14,15)/b8-7-,10-6-,11-9+. The van der Waals surface area contributed by atoms with Gasteiger partial charge in [-0.3, -0.25) is 0 Å². The van der Waals surface area contributed by atoms with Crippen molar-refractivity contribution in [3.05, 3.63) is 35.6 Å². The fraction of sp³-hybridized carbons (Fsp3) is 0.462. The lowest BCUT2D eigenvalue weighted by atomic mass is 10.1. The normalized spacial score (nSPS) is 14.3. The molecule has 0 saturated heterocycles. The quantitative estimate of drug-likeness (QED) is 0.575. The van der Waals surface area contributed by atoms with Gasteiger partial charge in [-0.05, 0) is 40.7 Å². The summed E-state index contributed by atoms with van der Waals surface area (Å²) in [6.45, 7) is 8.73. The molecular weight excluding hydrogens is 204 g/mol. The lowest BCUT2D eigenvalue weighted by Crippen LogP contribution is -2.34. The van der Waals surface area contributed by atoms with Gasteiger partial charge in [-0.1, -0.05) is 23.8 Å². The molecule has 0 aromatic rings. The van der Waals surface area contributed by atoms with Gasteiger partial charge in [0.15, 0.2) is 5.60 Å². The molecule has 0 aliphatic heterocycles. The molecule has 0 radical (unpaired) electrons. The van der Waals surface area contributed by atoms with Crippen LogP contribution in [0.4, 0.5) is 0 Å². The second-order valence-corrected chi connectivity index (χ2v) is 4.09. The minimum absolute atomic E-state index is 0.576. The number of ether oxygens (including phenoxy) is 1. The Balaban J connectivity index is 4.48. The van der Waals surface area contributed by atoms with Crippen LogP contribution in [0.2, 0.25) is 0 Å². The summed E-state index contributed by atoms with van der Waals surface area (Å²) in [6.07, 6.45) is 7.50. The van der Waals surface area contributed by atoms with Crippen molar-refractivity contribution >= 4 is 5.97 Å². The van der Waals surface area contributed by atoms with Crippen molar-refractivity contribution < 1.29 is 14.6 Å². The minimum atomic E-state index is -1.19. The summed E-state index contributed by atoms with van der Waals surface area (Å²) in [7, 11) is 0. The summed E-state index contributed by atoms with van der Waals surface area (Å²) in [5, 5.41) is 8.86. The Morgan fingerprint density at radius 2 is 1.88 bits per heavy atom. The zero-order chi connectivity index (χ0) is 12.8. The van der Waals surface area contributed by atoms with Gasteiger partial charge >= 0.3 is 5.97 Å². The second kappa shape index (κ2) is 6.16. The van der Waals surface area contributed by atoms with E-state index < -0.39 is 11.6 Å². The van der Waals surface area contributed by atoms with Gasteiger partial charge in [-0.15, -0.1) is 0 Å². The SMILES string of the molecule is C\C=C(C)/C=C\C=C(/C)OC(C)(C)C(=O)O. The fourth-order valence-corrected chi connectivity index (χ4v) is 0.912. The highest BCUT2D eigenvalue weighted by atomic mass is 16.5. The Morgan fingerprint density at radius 3 is 2.31 bits per heavy atom. The molecule has 0 aliphatic rings. The summed E-state index contributed by atoms with van der Waals surface area (Å²) in [5.41, 5.74) is -0.0501. The molecule has 0 aromatic heterocycles. The predicted molar refractivity (Wildman–Crippen MR) is 65.1 cm³/mol. The molecule has 1 N–H and O–H groups in total. The first-order chi connectivity index (χ1) is 7.29. The third kappa shape index (κ3) is 5.39. The van der Waals surface area contributed by atoms with E-state index in [2.05, 4.69) is 0 Å². The Labute approximate surface area is 97.1 Å². The first-order valence-electron chi connectivity index (χ1n) is 5.20. The van der Waals surface area contributed by atoms with Crippen LogP contribution in [0.15, 0.2) is 35.6 Å². The molecule has 0 aliphatic carbocycles. The highest BCUT2D eigenvalue weighted by Crippen LogP contribution is 2.14. The van der Waals surface area contributed by atoms with Crippen molar-refractivity contribution in [3.63, 3.8) is 0 Å². The van der Waals surface area contributed by atoms with Crippen molar-refractivity contribution in [1.82, 2.24) is 0 Å². The first kappa shape index (κ1) is 14.5. The zero-order valence-corrected chi connectivity index (χ0v) is 10.6. The largest absolute Gasteiger partial charge is 0.481 e. The van der Waals surface area contributed by atoms with Crippen LogP contribution < -0.4 is 0 Å². The van der Waals surface area contributed by atoms with Crippen molar-refractivity contribution in [3.8, 4) is 0 Å². The van der Waals surface area contributed by atoms with Crippen LogP contribution in [0.1, 0.15) is 34.6 Å². The smallest absolute Gasteiger partial charge is 0.347 e. The Morgan fingerprint density at radius 1 is 1.31 bits per heavy atom. The lowest BCUT2D eigenvalue weighted by molar-refractivity contribution is -0.156. The molecule has 0 saturated carbocycles. The Bertz CT molecular complexity index is 333. The summed E-state index contributed by atoms with van der Waals surface area (Å²) >= 11 is 0. The van der Waals surface area contributed by atoms with Gasteiger partial charge in [-0.2, -0.15) is 0 Å². The highest BCUT2D eigenvalue weighted by molar-refractivity contribution is 5.76. The average molecular weight is 224 g/mol. The Hall–Kier alpha value is -1.51. The van der Waals surface area contributed by atoms with Crippen LogP contribution in [-0.4, -0.2) is 16.7 Å². The first-order valence-corrected chi connectivity index (χ1v) is 5.20. The number of carboxylic acids is 1. The molecule has 0 aromatic carbocycles. The van der Waals surface area contributed by atoms with Gasteiger partial charge in [0.05, 0.1) is 5.76 Å². The van der Waals surface area contributed by atoms with E-state index >= 15 is 0 Å². The second-order valence-electron chi connectivity index (χ2n) is 4.09. The lowest BCUT2D eigenvalue weighted by Gasteiger charge is -2.21. The van der Waals surface area contributed by atoms with Gasteiger partial charge in [0.1, 0.15) is 0 Å². The van der Waals surface area contributed by atoms with Gasteiger partial charge in [0.25, 0.3) is 0 Å². The topological polar surface area (TPSA) is 46.5 Å². The van der Waals surface area contributed by atoms with Crippen molar-refractivity contribution in [2.75, 3.05) is 0 Å². The Kier molecular flexibility index (Phi) is 5.57. The highest BCUT2D eigenvalue weighted by Gasteiger charge is 2.28. The van der Waals surface area contributed by atoms with E-state index in [4.69, 9.17) is 9.84 Å². The van der Waals surface area contributed by atoms with Crippen LogP contribution in [0.25, 0.3) is 0 Å². The van der Waals surface area contributed by atoms with E-state index in [1.807, 2.05) is 32.1 Å². The van der Waals surface area contributed by atoms with Crippen LogP contribution in [0, 0.1) is 0 Å². The summed E-state index contributed by atoms with van der Waals surface area (Å²) in [6, 6.07) is 0. The maximum Gasteiger partial charge on any atom is 0.347 e. The van der Waals surface area contributed by atoms with Crippen LogP contribution >= 0.6 is 0 Å². The zero-order valence-electron chi connectivity index (χ0n) is 10.6. The van der Waals surface area contributed by atoms with E-state index in [1.54, 1.807) is 13.0 Å². The van der Waals surface area contributed by atoms with Crippen molar-refractivity contribution in [2.45, 2.75) is 40.2 Å². The van der Waals surface area contributed by atoms with E-state index in [0.29, 0.717) is 5.76 Å². The van der Waals surface area contributed by atoms with Crippen LogP contribution in [-0.2, 0) is 9.53 Å². The third-order valence-electron chi connectivity index (χ3n) is 2.08. The molecule has 0 amide bonds. The number of rotatable bonds is 5. The number of carbonyl (C=O) groups is 1. The molecule has 90 valence electrons. The molecule has 0 bridgehead atoms. The van der Waals surface area contributed by atoms with E-state index in [1.165, 1.54) is 13.8 Å². The molecule has 0 fully saturated rings.